The minimum Gasteiger partial charge on any atom is -0.300 e. The maximum atomic E-state index is 12.6. The predicted molar refractivity (Wildman–Crippen MR) is 87.7 cm³/mol. The van der Waals surface area contributed by atoms with Gasteiger partial charge in [-0.25, -0.2) is 4.98 Å². The zero-order valence-corrected chi connectivity index (χ0v) is 13.4. The third-order valence-electron chi connectivity index (χ3n) is 4.37. The first-order valence-corrected chi connectivity index (χ1v) is 8.04. The van der Waals surface area contributed by atoms with Gasteiger partial charge in [0, 0.05) is 5.69 Å². The number of para-hydroxylation sites is 1. The summed E-state index contributed by atoms with van der Waals surface area (Å²) in [6.07, 6.45) is 3.68. The monoisotopic (exact) mass is 297 g/mol. The molecule has 0 aliphatic carbocycles. The second kappa shape index (κ2) is 6.44. The Morgan fingerprint density at radius 3 is 2.45 bits per heavy atom. The molecule has 1 saturated heterocycles. The van der Waals surface area contributed by atoms with Crippen molar-refractivity contribution >= 4 is 5.78 Å². The fourth-order valence-corrected chi connectivity index (χ4v) is 3.26. The third-order valence-corrected chi connectivity index (χ3v) is 4.37. The number of ketones is 1. The first kappa shape index (κ1) is 15.0. The van der Waals surface area contributed by atoms with Crippen LogP contribution in [0.2, 0.25) is 0 Å². The van der Waals surface area contributed by atoms with E-state index in [1.54, 1.807) is 0 Å². The van der Waals surface area contributed by atoms with E-state index >= 15 is 0 Å². The zero-order chi connectivity index (χ0) is 15.5. The van der Waals surface area contributed by atoms with Crippen LogP contribution in [-0.2, 0) is 0 Å². The number of nitrogens with zero attached hydrogens (tertiary/aromatic N) is 3. The van der Waals surface area contributed by atoms with Gasteiger partial charge in [-0.05, 0) is 51.9 Å². The molecule has 1 aromatic carbocycles. The van der Waals surface area contributed by atoms with Gasteiger partial charge >= 0.3 is 0 Å². The van der Waals surface area contributed by atoms with Crippen LogP contribution in [0, 0.1) is 13.8 Å². The SMILES string of the molecule is Cc1nc(C(=O)CN2CCCCC2)c(C)n1-c1ccccc1. The number of hydrogen-bond donors (Lipinski definition) is 0. The molecule has 0 unspecified atom stereocenters. The van der Waals surface area contributed by atoms with E-state index in [0.29, 0.717) is 12.2 Å². The van der Waals surface area contributed by atoms with Gasteiger partial charge in [0.2, 0.25) is 0 Å². The average molecular weight is 297 g/mol. The molecular weight excluding hydrogens is 274 g/mol. The van der Waals surface area contributed by atoms with Crippen LogP contribution in [0.5, 0.6) is 0 Å². The fourth-order valence-electron chi connectivity index (χ4n) is 3.26. The molecular formula is C18H23N3O. The summed E-state index contributed by atoms with van der Waals surface area (Å²) >= 11 is 0. The van der Waals surface area contributed by atoms with E-state index in [1.165, 1.54) is 19.3 Å². The molecule has 116 valence electrons. The highest BCUT2D eigenvalue weighted by Gasteiger charge is 2.21. The molecule has 1 aromatic heterocycles. The lowest BCUT2D eigenvalue weighted by atomic mass is 10.1. The third kappa shape index (κ3) is 2.97. The topological polar surface area (TPSA) is 38.1 Å². The number of piperidine rings is 1. The first-order valence-electron chi connectivity index (χ1n) is 8.04. The number of likely N-dealkylation sites (tertiary alicyclic amines) is 1. The lowest BCUT2D eigenvalue weighted by Crippen LogP contribution is -2.34. The molecule has 0 atom stereocenters. The Balaban J connectivity index is 1.84. The van der Waals surface area contributed by atoms with Crippen molar-refractivity contribution in [3.05, 3.63) is 47.5 Å². The fraction of sp³-hybridized carbons (Fsp3) is 0.444. The highest BCUT2D eigenvalue weighted by Crippen LogP contribution is 2.19. The van der Waals surface area contributed by atoms with Gasteiger partial charge in [0.25, 0.3) is 0 Å². The summed E-state index contributed by atoms with van der Waals surface area (Å²) in [6, 6.07) is 10.1. The first-order chi connectivity index (χ1) is 10.7. The van der Waals surface area contributed by atoms with Crippen molar-refractivity contribution in [2.24, 2.45) is 0 Å². The number of aryl methyl sites for hydroxylation is 1. The van der Waals surface area contributed by atoms with Crippen molar-refractivity contribution < 1.29 is 4.79 Å². The Morgan fingerprint density at radius 2 is 1.77 bits per heavy atom. The van der Waals surface area contributed by atoms with Gasteiger partial charge < -0.3 is 4.57 Å². The van der Waals surface area contributed by atoms with E-state index in [2.05, 4.69) is 14.5 Å². The van der Waals surface area contributed by atoms with Crippen LogP contribution in [0.4, 0.5) is 0 Å². The van der Waals surface area contributed by atoms with Crippen LogP contribution in [0.1, 0.15) is 41.3 Å². The lowest BCUT2D eigenvalue weighted by Gasteiger charge is -2.25. The molecule has 1 fully saturated rings. The van der Waals surface area contributed by atoms with Gasteiger partial charge in [-0.2, -0.15) is 0 Å². The molecule has 4 nitrogen and oxygen atoms in total. The summed E-state index contributed by atoms with van der Waals surface area (Å²) in [5, 5.41) is 0. The van der Waals surface area contributed by atoms with Crippen LogP contribution in [0.15, 0.2) is 30.3 Å². The normalized spacial score (nSPS) is 15.9. The summed E-state index contributed by atoms with van der Waals surface area (Å²) in [6.45, 7) is 6.49. The van der Waals surface area contributed by atoms with E-state index in [0.717, 1.165) is 30.3 Å². The second-order valence-electron chi connectivity index (χ2n) is 6.02. The van der Waals surface area contributed by atoms with Gasteiger partial charge in [0.1, 0.15) is 11.5 Å². The summed E-state index contributed by atoms with van der Waals surface area (Å²) in [4.78, 5) is 19.4. The number of rotatable bonds is 4. The Bertz CT molecular complexity index is 654. The molecule has 1 aliphatic heterocycles. The van der Waals surface area contributed by atoms with Crippen LogP contribution in [0.3, 0.4) is 0 Å². The van der Waals surface area contributed by atoms with E-state index in [4.69, 9.17) is 0 Å². The van der Waals surface area contributed by atoms with Crippen LogP contribution in [0.25, 0.3) is 5.69 Å². The number of carbonyl (C=O) groups is 1. The number of Topliss-reactive ketones (excluding diaryl/α,β-unsaturated/α-hetero) is 1. The summed E-state index contributed by atoms with van der Waals surface area (Å²) in [5.41, 5.74) is 2.61. The number of benzene rings is 1. The molecule has 0 N–H and O–H groups in total. The van der Waals surface area contributed by atoms with Crippen molar-refractivity contribution in [3.8, 4) is 5.69 Å². The number of carbonyl (C=O) groups excluding carboxylic acids is 1. The van der Waals surface area contributed by atoms with Crippen molar-refractivity contribution in [1.82, 2.24) is 14.5 Å². The second-order valence-corrected chi connectivity index (χ2v) is 6.02. The smallest absolute Gasteiger partial charge is 0.196 e. The van der Waals surface area contributed by atoms with Gasteiger partial charge in [-0.15, -0.1) is 0 Å². The quantitative estimate of drug-likeness (QED) is 0.814. The van der Waals surface area contributed by atoms with Gasteiger partial charge in [0.05, 0.1) is 12.2 Å². The minimum absolute atomic E-state index is 0.136. The molecule has 2 heterocycles. The minimum atomic E-state index is 0.136. The Labute approximate surface area is 131 Å². The molecule has 0 saturated carbocycles. The van der Waals surface area contributed by atoms with Crippen LogP contribution >= 0.6 is 0 Å². The summed E-state index contributed by atoms with van der Waals surface area (Å²) in [5.74, 6) is 1.00. The molecule has 0 bridgehead atoms. The molecule has 0 spiro atoms. The van der Waals surface area contributed by atoms with E-state index in [1.807, 2.05) is 44.2 Å². The molecule has 2 aromatic rings. The van der Waals surface area contributed by atoms with Gasteiger partial charge in [-0.3, -0.25) is 9.69 Å². The predicted octanol–water partition coefficient (Wildman–Crippen LogP) is 3.16. The molecule has 22 heavy (non-hydrogen) atoms. The van der Waals surface area contributed by atoms with Crippen molar-refractivity contribution in [1.29, 1.82) is 0 Å². The lowest BCUT2D eigenvalue weighted by molar-refractivity contribution is 0.0910. The highest BCUT2D eigenvalue weighted by atomic mass is 16.1. The Hall–Kier alpha value is -1.94. The largest absolute Gasteiger partial charge is 0.300 e. The number of hydrogen-bond acceptors (Lipinski definition) is 3. The van der Waals surface area contributed by atoms with Gasteiger partial charge in [0.15, 0.2) is 5.78 Å². The van der Waals surface area contributed by atoms with Crippen molar-refractivity contribution in [3.63, 3.8) is 0 Å². The maximum absolute atomic E-state index is 12.6. The van der Waals surface area contributed by atoms with Gasteiger partial charge in [-0.1, -0.05) is 24.6 Å². The molecule has 0 amide bonds. The van der Waals surface area contributed by atoms with E-state index in [-0.39, 0.29) is 5.78 Å². The highest BCUT2D eigenvalue weighted by molar-refractivity contribution is 5.97. The van der Waals surface area contributed by atoms with E-state index in [9.17, 15) is 4.79 Å². The Morgan fingerprint density at radius 1 is 1.09 bits per heavy atom. The summed E-state index contributed by atoms with van der Waals surface area (Å²) < 4.78 is 2.06. The molecule has 1 aliphatic rings. The van der Waals surface area contributed by atoms with E-state index < -0.39 is 0 Å². The number of aromatic nitrogens is 2. The number of imidazole rings is 1. The Kier molecular flexibility index (Phi) is 4.39. The average Bonchev–Trinajstić information content (AvgIpc) is 2.84. The standard InChI is InChI=1S/C18H23N3O/c1-14-18(17(22)13-20-11-7-4-8-12-20)19-15(2)21(14)16-9-5-3-6-10-16/h3,5-6,9-10H,4,7-8,11-13H2,1-2H3. The van der Waals surface area contributed by atoms with Crippen molar-refractivity contribution in [2.45, 2.75) is 33.1 Å². The van der Waals surface area contributed by atoms with Crippen LogP contribution in [-0.4, -0.2) is 39.9 Å². The molecule has 0 radical (unpaired) electrons. The molecule has 4 heteroatoms. The summed E-state index contributed by atoms with van der Waals surface area (Å²) in [7, 11) is 0. The maximum Gasteiger partial charge on any atom is 0.196 e. The van der Waals surface area contributed by atoms with Crippen LogP contribution < -0.4 is 0 Å². The zero-order valence-electron chi connectivity index (χ0n) is 13.4. The van der Waals surface area contributed by atoms with Crippen molar-refractivity contribution in [2.75, 3.05) is 19.6 Å². The molecule has 3 rings (SSSR count).